The Balaban J connectivity index is 3.02. The van der Waals surface area contributed by atoms with Gasteiger partial charge in [-0.2, -0.15) is 5.10 Å². The van der Waals surface area contributed by atoms with Gasteiger partial charge in [0, 0.05) is 5.69 Å². The lowest BCUT2D eigenvalue weighted by atomic mass is 10.3. The van der Waals surface area contributed by atoms with Crippen molar-refractivity contribution in [3.05, 3.63) is 30.1 Å². The summed E-state index contributed by atoms with van der Waals surface area (Å²) in [5.74, 6) is 0. The monoisotopic (exact) mass is 150 g/mol. The molecule has 0 spiro atoms. The Morgan fingerprint density at radius 3 is 2.64 bits per heavy atom. The molecule has 0 saturated heterocycles. The van der Waals surface area contributed by atoms with Crippen molar-refractivity contribution in [3.63, 3.8) is 0 Å². The molecule has 0 saturated carbocycles. The average molecular weight is 150 g/mol. The highest BCUT2D eigenvalue weighted by Gasteiger charge is 2.04. The molecule has 0 amide bonds. The second-order valence-corrected chi connectivity index (χ2v) is 2.85. The minimum Gasteiger partial charge on any atom is -0.263 e. The Morgan fingerprint density at radius 1 is 1.64 bits per heavy atom. The summed E-state index contributed by atoms with van der Waals surface area (Å²) in [6, 6.07) is 2.36. The summed E-state index contributed by atoms with van der Waals surface area (Å²) < 4.78 is 1.97. The number of hydrogen-bond donors (Lipinski definition) is 0. The second-order valence-electron chi connectivity index (χ2n) is 2.85. The van der Waals surface area contributed by atoms with E-state index in [2.05, 4.69) is 31.6 Å². The highest BCUT2D eigenvalue weighted by atomic mass is 15.3. The zero-order chi connectivity index (χ0) is 8.43. The van der Waals surface area contributed by atoms with Gasteiger partial charge in [0.2, 0.25) is 0 Å². The maximum absolute atomic E-state index is 4.33. The minimum absolute atomic E-state index is 0.295. The number of aryl methyl sites for hydroxylation is 2. The Labute approximate surface area is 67.5 Å². The molecule has 0 aliphatic heterocycles. The van der Waals surface area contributed by atoms with Crippen LogP contribution >= 0.6 is 0 Å². The van der Waals surface area contributed by atoms with E-state index in [0.717, 1.165) is 5.69 Å². The van der Waals surface area contributed by atoms with Gasteiger partial charge in [-0.1, -0.05) is 6.08 Å². The first-order valence-corrected chi connectivity index (χ1v) is 3.80. The predicted octanol–water partition coefficient (Wildman–Crippen LogP) is 2.25. The molecule has 0 radical (unpaired) electrons. The van der Waals surface area contributed by atoms with Gasteiger partial charge in [-0.15, -0.1) is 6.58 Å². The van der Waals surface area contributed by atoms with E-state index in [1.165, 1.54) is 5.69 Å². The van der Waals surface area contributed by atoms with Crippen molar-refractivity contribution in [1.29, 1.82) is 0 Å². The van der Waals surface area contributed by atoms with Crippen LogP contribution in [0.1, 0.15) is 24.4 Å². The maximum atomic E-state index is 4.33. The van der Waals surface area contributed by atoms with Gasteiger partial charge in [-0.3, -0.25) is 4.68 Å². The Morgan fingerprint density at radius 2 is 2.27 bits per heavy atom. The summed E-state index contributed by atoms with van der Waals surface area (Å²) in [7, 11) is 0. The van der Waals surface area contributed by atoms with E-state index in [1.54, 1.807) is 0 Å². The van der Waals surface area contributed by atoms with Gasteiger partial charge in [0.15, 0.2) is 0 Å². The van der Waals surface area contributed by atoms with Crippen molar-refractivity contribution < 1.29 is 0 Å². The lowest BCUT2D eigenvalue weighted by Crippen LogP contribution is -2.05. The molecule has 60 valence electrons. The van der Waals surface area contributed by atoms with Crippen molar-refractivity contribution >= 4 is 0 Å². The fourth-order valence-electron chi connectivity index (χ4n) is 1.16. The summed E-state index contributed by atoms with van der Waals surface area (Å²) in [5, 5.41) is 4.33. The van der Waals surface area contributed by atoms with Crippen molar-refractivity contribution in [2.24, 2.45) is 0 Å². The Kier molecular flexibility index (Phi) is 2.13. The fourth-order valence-corrected chi connectivity index (χ4v) is 1.16. The molecule has 11 heavy (non-hydrogen) atoms. The summed E-state index contributed by atoms with van der Waals surface area (Å²) in [6.07, 6.45) is 1.89. The zero-order valence-electron chi connectivity index (χ0n) is 7.33. The third kappa shape index (κ3) is 1.50. The summed E-state index contributed by atoms with van der Waals surface area (Å²) in [4.78, 5) is 0. The van der Waals surface area contributed by atoms with Crippen LogP contribution in [0.3, 0.4) is 0 Å². The lowest BCUT2D eigenvalue weighted by molar-refractivity contribution is 0.562. The van der Waals surface area contributed by atoms with E-state index in [1.807, 2.05) is 17.7 Å². The molecule has 1 heterocycles. The van der Waals surface area contributed by atoms with Crippen molar-refractivity contribution in [1.82, 2.24) is 9.78 Å². The van der Waals surface area contributed by atoms with Crippen molar-refractivity contribution in [2.75, 3.05) is 0 Å². The highest BCUT2D eigenvalue weighted by Crippen LogP contribution is 2.10. The summed E-state index contributed by atoms with van der Waals surface area (Å²) in [5.41, 5.74) is 2.26. The van der Waals surface area contributed by atoms with Crippen LogP contribution in [0.2, 0.25) is 0 Å². The number of nitrogens with zero attached hydrogens (tertiary/aromatic N) is 2. The average Bonchev–Trinajstić information content (AvgIpc) is 2.28. The number of rotatable bonds is 2. The molecule has 0 aromatic carbocycles. The van der Waals surface area contributed by atoms with Crippen molar-refractivity contribution in [3.8, 4) is 0 Å². The van der Waals surface area contributed by atoms with Crippen LogP contribution in [0.25, 0.3) is 0 Å². The SMILES string of the molecule is C=CC(C)n1nc(C)cc1C. The number of allylic oxidation sites excluding steroid dienone is 1. The normalized spacial score (nSPS) is 13.0. The standard InChI is InChI=1S/C9H14N2/c1-5-8(3)11-9(4)6-7(2)10-11/h5-6,8H,1H2,2-4H3. The molecular weight excluding hydrogens is 136 g/mol. The molecule has 2 heteroatoms. The van der Waals surface area contributed by atoms with Gasteiger partial charge < -0.3 is 0 Å². The topological polar surface area (TPSA) is 17.8 Å². The number of aromatic nitrogens is 2. The molecule has 0 aliphatic carbocycles. The molecule has 2 nitrogen and oxygen atoms in total. The van der Waals surface area contributed by atoms with E-state index in [4.69, 9.17) is 0 Å². The van der Waals surface area contributed by atoms with Gasteiger partial charge in [0.25, 0.3) is 0 Å². The van der Waals surface area contributed by atoms with Gasteiger partial charge in [0.05, 0.1) is 11.7 Å². The van der Waals surface area contributed by atoms with Gasteiger partial charge in [-0.25, -0.2) is 0 Å². The molecule has 0 aliphatic rings. The van der Waals surface area contributed by atoms with Crippen LogP contribution in [0.15, 0.2) is 18.7 Å². The lowest BCUT2D eigenvalue weighted by Gasteiger charge is -2.07. The molecule has 1 aromatic rings. The smallest absolute Gasteiger partial charge is 0.0671 e. The first-order valence-electron chi connectivity index (χ1n) is 3.80. The van der Waals surface area contributed by atoms with E-state index in [0.29, 0.717) is 6.04 Å². The predicted molar refractivity (Wildman–Crippen MR) is 46.6 cm³/mol. The minimum atomic E-state index is 0.295. The zero-order valence-corrected chi connectivity index (χ0v) is 7.33. The summed E-state index contributed by atoms with van der Waals surface area (Å²) in [6.45, 7) is 9.86. The van der Waals surface area contributed by atoms with Crippen LogP contribution in [-0.4, -0.2) is 9.78 Å². The van der Waals surface area contributed by atoms with Gasteiger partial charge in [0.1, 0.15) is 0 Å². The van der Waals surface area contributed by atoms with Crippen LogP contribution in [-0.2, 0) is 0 Å². The van der Waals surface area contributed by atoms with E-state index < -0.39 is 0 Å². The third-order valence-electron chi connectivity index (χ3n) is 1.77. The Bertz CT molecular complexity index is 261. The first kappa shape index (κ1) is 8.05. The maximum Gasteiger partial charge on any atom is 0.0671 e. The van der Waals surface area contributed by atoms with E-state index >= 15 is 0 Å². The van der Waals surface area contributed by atoms with Crippen LogP contribution in [0.4, 0.5) is 0 Å². The third-order valence-corrected chi connectivity index (χ3v) is 1.77. The van der Waals surface area contributed by atoms with E-state index in [9.17, 15) is 0 Å². The van der Waals surface area contributed by atoms with Gasteiger partial charge >= 0.3 is 0 Å². The second kappa shape index (κ2) is 2.91. The quantitative estimate of drug-likeness (QED) is 0.591. The molecule has 0 N–H and O–H groups in total. The van der Waals surface area contributed by atoms with Crippen LogP contribution in [0.5, 0.6) is 0 Å². The largest absolute Gasteiger partial charge is 0.263 e. The molecule has 1 unspecified atom stereocenters. The summed E-state index contributed by atoms with van der Waals surface area (Å²) >= 11 is 0. The molecular formula is C9H14N2. The van der Waals surface area contributed by atoms with Crippen molar-refractivity contribution in [2.45, 2.75) is 26.8 Å². The Hall–Kier alpha value is -1.05. The van der Waals surface area contributed by atoms with E-state index in [-0.39, 0.29) is 0 Å². The van der Waals surface area contributed by atoms with Gasteiger partial charge in [-0.05, 0) is 26.8 Å². The molecule has 1 atom stereocenters. The highest BCUT2D eigenvalue weighted by molar-refractivity contribution is 5.08. The molecule has 0 fully saturated rings. The van der Waals surface area contributed by atoms with Crippen LogP contribution < -0.4 is 0 Å². The fraction of sp³-hybridized carbons (Fsp3) is 0.444. The molecule has 0 bridgehead atoms. The molecule has 1 rings (SSSR count). The first-order chi connectivity index (χ1) is 5.15. The number of hydrogen-bond acceptors (Lipinski definition) is 1. The van der Waals surface area contributed by atoms with Crippen LogP contribution in [0, 0.1) is 13.8 Å². The molecule has 1 aromatic heterocycles.